The third kappa shape index (κ3) is 36.8. The van der Waals surface area contributed by atoms with Crippen molar-refractivity contribution in [3.8, 4) is 0 Å². The number of carbonyl (C=O) groups excluding carboxylic acids is 2. The Morgan fingerprint density at radius 1 is 0.857 bits per heavy atom. The van der Waals surface area contributed by atoms with Crippen LogP contribution in [0.15, 0.2) is 0 Å². The fourth-order valence-corrected chi connectivity index (χ4v) is 0.408. The first-order chi connectivity index (χ1) is 5.54. The fourth-order valence-electron chi connectivity index (χ4n) is 0.408. The monoisotopic (exact) mass is 252 g/mol. The Balaban J connectivity index is -0.0000000625. The molecule has 6 heteroatoms. The van der Waals surface area contributed by atoms with E-state index in [1.54, 1.807) is 13.8 Å². The van der Waals surface area contributed by atoms with Gasteiger partial charge in [-0.25, -0.2) is 0 Å². The molecule has 0 aromatic heterocycles. The molecule has 14 heavy (non-hydrogen) atoms. The van der Waals surface area contributed by atoms with Crippen molar-refractivity contribution in [2.24, 2.45) is 0 Å². The van der Waals surface area contributed by atoms with Crippen molar-refractivity contribution in [1.82, 2.24) is 0 Å². The number of hydrogen-bond acceptors (Lipinski definition) is 4. The smallest absolute Gasteiger partial charge is 0.550 e. The zero-order chi connectivity index (χ0) is 9.98. The van der Waals surface area contributed by atoms with E-state index in [1.807, 2.05) is 0 Å². The molecule has 0 aliphatic rings. The van der Waals surface area contributed by atoms with Gasteiger partial charge in [0.1, 0.15) is 0 Å². The molecule has 0 heterocycles. The Bertz CT molecular complexity index is 123. The molecular formula is C8H14K2O4. The molecule has 4 nitrogen and oxygen atoms in total. The number of carboxylic acid groups (broad SMARTS) is 2. The van der Waals surface area contributed by atoms with E-state index in [1.165, 1.54) is 0 Å². The summed E-state index contributed by atoms with van der Waals surface area (Å²) in [6.45, 7) is 3.60. The van der Waals surface area contributed by atoms with Crippen molar-refractivity contribution < 1.29 is 123 Å². The van der Waals surface area contributed by atoms with Gasteiger partial charge < -0.3 is 19.8 Å². The SMILES string of the molecule is CCCC(=O)[O-].CCCC(=O)[O-].[K+].[K+]. The standard InChI is InChI=1S/2C4H8O2.2K/c2*1-2-3-4(5)6;;/h2*2-3H2,1H3,(H,5,6);;/q;;2*+1/p-2. The van der Waals surface area contributed by atoms with E-state index >= 15 is 0 Å². The summed E-state index contributed by atoms with van der Waals surface area (Å²) in [4.78, 5) is 19.0. The number of carboxylic acids is 2. The summed E-state index contributed by atoms with van der Waals surface area (Å²) in [7, 11) is 0. The van der Waals surface area contributed by atoms with Crippen LogP contribution < -0.4 is 113 Å². The van der Waals surface area contributed by atoms with Crippen LogP contribution in [0.3, 0.4) is 0 Å². The minimum atomic E-state index is -0.961. The van der Waals surface area contributed by atoms with Crippen LogP contribution in [-0.2, 0) is 9.59 Å². The summed E-state index contributed by atoms with van der Waals surface area (Å²) in [5.41, 5.74) is 0. The molecule has 0 unspecified atom stereocenters. The normalized spacial score (nSPS) is 7.00. The molecule has 0 saturated heterocycles. The van der Waals surface area contributed by atoms with Gasteiger partial charge in [-0.3, -0.25) is 0 Å². The molecule has 0 bridgehead atoms. The minimum Gasteiger partial charge on any atom is -0.550 e. The van der Waals surface area contributed by atoms with Crippen molar-refractivity contribution in [2.45, 2.75) is 39.5 Å². The van der Waals surface area contributed by atoms with Crippen LogP contribution in [0.5, 0.6) is 0 Å². The van der Waals surface area contributed by atoms with Crippen LogP contribution >= 0.6 is 0 Å². The maximum absolute atomic E-state index is 9.49. The van der Waals surface area contributed by atoms with Gasteiger partial charge in [-0.2, -0.15) is 0 Å². The third-order valence-electron chi connectivity index (χ3n) is 0.908. The molecule has 0 atom stereocenters. The van der Waals surface area contributed by atoms with E-state index in [0.29, 0.717) is 12.8 Å². The minimum absolute atomic E-state index is 0. The molecule has 0 amide bonds. The average molecular weight is 252 g/mol. The molecule has 0 aliphatic heterocycles. The van der Waals surface area contributed by atoms with Gasteiger partial charge >= 0.3 is 103 Å². The van der Waals surface area contributed by atoms with Crippen LogP contribution in [0, 0.1) is 0 Å². The van der Waals surface area contributed by atoms with Crippen LogP contribution in [0.1, 0.15) is 39.5 Å². The maximum Gasteiger partial charge on any atom is 1.00 e. The first-order valence-corrected chi connectivity index (χ1v) is 3.94. The molecule has 0 fully saturated rings. The Morgan fingerprint density at radius 2 is 1.07 bits per heavy atom. The van der Waals surface area contributed by atoms with Crippen molar-refractivity contribution in [1.29, 1.82) is 0 Å². The molecule has 0 aliphatic carbocycles. The predicted molar refractivity (Wildman–Crippen MR) is 39.8 cm³/mol. The Morgan fingerprint density at radius 3 is 1.07 bits per heavy atom. The quantitative estimate of drug-likeness (QED) is 0.466. The van der Waals surface area contributed by atoms with Gasteiger partial charge in [0.15, 0.2) is 0 Å². The van der Waals surface area contributed by atoms with Crippen LogP contribution in [-0.4, -0.2) is 11.9 Å². The fraction of sp³-hybridized carbons (Fsp3) is 0.750. The molecular weight excluding hydrogens is 238 g/mol. The van der Waals surface area contributed by atoms with E-state index < -0.39 is 11.9 Å². The van der Waals surface area contributed by atoms with Gasteiger partial charge in [0.05, 0.1) is 0 Å². The molecule has 72 valence electrons. The topological polar surface area (TPSA) is 80.3 Å². The van der Waals surface area contributed by atoms with Crippen molar-refractivity contribution >= 4 is 11.9 Å². The summed E-state index contributed by atoms with van der Waals surface area (Å²) in [5, 5.41) is 19.0. The maximum atomic E-state index is 9.49. The van der Waals surface area contributed by atoms with E-state index in [2.05, 4.69) is 0 Å². The zero-order valence-electron chi connectivity index (χ0n) is 9.46. The van der Waals surface area contributed by atoms with Gasteiger partial charge in [0.2, 0.25) is 0 Å². The first-order valence-electron chi connectivity index (χ1n) is 3.94. The van der Waals surface area contributed by atoms with Gasteiger partial charge in [-0.1, -0.05) is 26.7 Å². The number of aliphatic carboxylic acids is 2. The summed E-state index contributed by atoms with van der Waals surface area (Å²) >= 11 is 0. The average Bonchev–Trinajstić information content (AvgIpc) is 1.87. The first kappa shape index (κ1) is 25.2. The van der Waals surface area contributed by atoms with Gasteiger partial charge in [0, 0.05) is 11.9 Å². The Hall–Kier alpha value is 2.21. The van der Waals surface area contributed by atoms with E-state index in [9.17, 15) is 19.8 Å². The van der Waals surface area contributed by atoms with Crippen molar-refractivity contribution in [3.63, 3.8) is 0 Å². The number of rotatable bonds is 4. The van der Waals surface area contributed by atoms with Gasteiger partial charge in [0.25, 0.3) is 0 Å². The molecule has 0 rings (SSSR count). The van der Waals surface area contributed by atoms with Crippen molar-refractivity contribution in [2.75, 3.05) is 0 Å². The summed E-state index contributed by atoms with van der Waals surface area (Å²) in [6, 6.07) is 0. The second-order valence-electron chi connectivity index (χ2n) is 2.24. The van der Waals surface area contributed by atoms with Crippen LogP contribution in [0.2, 0.25) is 0 Å². The van der Waals surface area contributed by atoms with E-state index in [4.69, 9.17) is 0 Å². The van der Waals surface area contributed by atoms with E-state index in [0.717, 1.165) is 0 Å². The second-order valence-corrected chi connectivity index (χ2v) is 2.24. The summed E-state index contributed by atoms with van der Waals surface area (Å²) < 4.78 is 0. The Kier molecular flexibility index (Phi) is 37.0. The molecule has 0 aromatic carbocycles. The van der Waals surface area contributed by atoms with Crippen LogP contribution in [0.4, 0.5) is 0 Å². The van der Waals surface area contributed by atoms with Crippen molar-refractivity contribution in [3.05, 3.63) is 0 Å². The molecule has 0 aromatic rings. The largest absolute Gasteiger partial charge is 1.00 e. The zero-order valence-corrected chi connectivity index (χ0v) is 15.7. The Labute approximate surface area is 170 Å². The molecule has 0 spiro atoms. The number of carbonyl (C=O) groups is 2. The molecule has 0 N–H and O–H groups in total. The second kappa shape index (κ2) is 20.6. The molecule has 0 radical (unpaired) electrons. The summed E-state index contributed by atoms with van der Waals surface area (Å²) in [5.74, 6) is -1.92. The summed E-state index contributed by atoms with van der Waals surface area (Å²) in [6.07, 6.45) is 1.70. The predicted octanol–water partition coefficient (Wildman–Crippen LogP) is -6.92. The third-order valence-corrected chi connectivity index (χ3v) is 0.908. The van der Waals surface area contributed by atoms with E-state index in [-0.39, 0.29) is 116 Å². The number of hydrogen-bond donors (Lipinski definition) is 0. The van der Waals surface area contributed by atoms with Gasteiger partial charge in [-0.05, 0) is 12.8 Å². The van der Waals surface area contributed by atoms with Gasteiger partial charge in [-0.15, -0.1) is 0 Å². The molecule has 0 saturated carbocycles. The van der Waals surface area contributed by atoms with Crippen LogP contribution in [0.25, 0.3) is 0 Å².